The number of amides is 2. The summed E-state index contributed by atoms with van der Waals surface area (Å²) in [4.78, 5) is 35.6. The molecule has 0 radical (unpaired) electrons. The maximum absolute atomic E-state index is 12.7. The number of thiophene rings is 1. The Morgan fingerprint density at radius 3 is 2.96 bits per heavy atom. The molecule has 2 amide bonds. The number of aromatic nitrogens is 2. The highest BCUT2D eigenvalue weighted by atomic mass is 32.1. The van der Waals surface area contributed by atoms with Gasteiger partial charge in [0.25, 0.3) is 0 Å². The molecule has 9 heteroatoms. The number of thiazole rings is 2. The quantitative estimate of drug-likeness (QED) is 0.685. The Morgan fingerprint density at radius 2 is 2.19 bits per heavy atom. The van der Waals surface area contributed by atoms with Crippen molar-refractivity contribution in [3.63, 3.8) is 0 Å². The predicted octanol–water partition coefficient (Wildman–Crippen LogP) is 3.75. The van der Waals surface area contributed by atoms with Crippen LogP contribution in [0.1, 0.15) is 18.5 Å². The molecule has 0 aliphatic carbocycles. The van der Waals surface area contributed by atoms with Crippen LogP contribution in [0, 0.1) is 5.92 Å². The van der Waals surface area contributed by atoms with Crippen molar-refractivity contribution in [2.75, 3.05) is 18.4 Å². The van der Waals surface area contributed by atoms with Crippen LogP contribution in [0.25, 0.3) is 10.6 Å². The summed E-state index contributed by atoms with van der Waals surface area (Å²) in [6.45, 7) is 1.15. The Labute approximate surface area is 168 Å². The molecule has 0 saturated carbocycles. The van der Waals surface area contributed by atoms with Crippen LogP contribution in [0.4, 0.5) is 5.13 Å². The van der Waals surface area contributed by atoms with Gasteiger partial charge in [-0.05, 0) is 24.3 Å². The van der Waals surface area contributed by atoms with Crippen molar-refractivity contribution in [2.45, 2.75) is 19.3 Å². The fourth-order valence-electron chi connectivity index (χ4n) is 3.08. The molecule has 0 spiro atoms. The first-order chi connectivity index (χ1) is 13.2. The van der Waals surface area contributed by atoms with Gasteiger partial charge in [-0.2, -0.15) is 11.3 Å². The molecule has 0 aromatic carbocycles. The van der Waals surface area contributed by atoms with E-state index in [4.69, 9.17) is 0 Å². The summed E-state index contributed by atoms with van der Waals surface area (Å²) in [6.07, 6.45) is 3.57. The van der Waals surface area contributed by atoms with Gasteiger partial charge in [-0.3, -0.25) is 9.59 Å². The lowest BCUT2D eigenvalue weighted by Gasteiger charge is -2.31. The number of piperidine rings is 1. The predicted molar refractivity (Wildman–Crippen MR) is 109 cm³/mol. The van der Waals surface area contributed by atoms with E-state index in [2.05, 4.69) is 20.7 Å². The normalized spacial score (nSPS) is 17.0. The molecule has 0 bridgehead atoms. The third-order valence-electron chi connectivity index (χ3n) is 4.46. The summed E-state index contributed by atoms with van der Waals surface area (Å²) < 4.78 is 0. The minimum Gasteiger partial charge on any atom is -0.342 e. The van der Waals surface area contributed by atoms with Gasteiger partial charge in [0.15, 0.2) is 5.13 Å². The van der Waals surface area contributed by atoms with Crippen LogP contribution in [-0.2, 0) is 16.0 Å². The van der Waals surface area contributed by atoms with E-state index in [1.807, 2.05) is 22.2 Å². The molecular weight excluding hydrogens is 400 g/mol. The molecule has 1 N–H and O–H groups in total. The van der Waals surface area contributed by atoms with Crippen molar-refractivity contribution in [3.8, 4) is 10.6 Å². The van der Waals surface area contributed by atoms with Gasteiger partial charge in [-0.1, -0.05) is 0 Å². The first-order valence-corrected chi connectivity index (χ1v) is 11.3. The molecule has 6 nitrogen and oxygen atoms in total. The number of hydrogen-bond donors (Lipinski definition) is 1. The molecule has 1 aliphatic heterocycles. The van der Waals surface area contributed by atoms with Gasteiger partial charge in [-0.25, -0.2) is 9.97 Å². The largest absolute Gasteiger partial charge is 0.342 e. The fourth-order valence-corrected chi connectivity index (χ4v) is 5.15. The summed E-state index contributed by atoms with van der Waals surface area (Å²) in [6, 6.07) is 2.03. The summed E-state index contributed by atoms with van der Waals surface area (Å²) in [5.41, 5.74) is 1.89. The molecule has 1 saturated heterocycles. The molecule has 3 aromatic heterocycles. The first-order valence-electron chi connectivity index (χ1n) is 8.64. The zero-order valence-corrected chi connectivity index (χ0v) is 16.9. The molecule has 3 aromatic rings. The van der Waals surface area contributed by atoms with E-state index in [-0.39, 0.29) is 24.2 Å². The maximum Gasteiger partial charge on any atom is 0.231 e. The van der Waals surface area contributed by atoms with Gasteiger partial charge in [-0.15, -0.1) is 22.7 Å². The second kappa shape index (κ2) is 8.28. The Bertz CT molecular complexity index is 905. The van der Waals surface area contributed by atoms with Crippen molar-refractivity contribution in [3.05, 3.63) is 39.5 Å². The highest BCUT2D eigenvalue weighted by Gasteiger charge is 2.29. The van der Waals surface area contributed by atoms with Crippen LogP contribution in [0.3, 0.4) is 0 Å². The summed E-state index contributed by atoms with van der Waals surface area (Å²) in [7, 11) is 0. The highest BCUT2D eigenvalue weighted by molar-refractivity contribution is 7.14. The lowest BCUT2D eigenvalue weighted by atomic mass is 9.97. The molecule has 1 atom stereocenters. The van der Waals surface area contributed by atoms with E-state index in [9.17, 15) is 9.59 Å². The van der Waals surface area contributed by atoms with E-state index in [1.54, 1.807) is 33.8 Å². The monoisotopic (exact) mass is 418 g/mol. The van der Waals surface area contributed by atoms with Gasteiger partial charge < -0.3 is 10.2 Å². The van der Waals surface area contributed by atoms with Crippen molar-refractivity contribution in [1.82, 2.24) is 14.9 Å². The average Bonchev–Trinajstić information content (AvgIpc) is 3.44. The van der Waals surface area contributed by atoms with Gasteiger partial charge in [0, 0.05) is 41.0 Å². The molecule has 4 heterocycles. The van der Waals surface area contributed by atoms with Crippen LogP contribution >= 0.6 is 34.0 Å². The number of hydrogen-bond acceptors (Lipinski definition) is 7. The fraction of sp³-hybridized carbons (Fsp3) is 0.333. The van der Waals surface area contributed by atoms with Crippen molar-refractivity contribution >= 4 is 51.0 Å². The molecular formula is C18H18N4O2S3. The van der Waals surface area contributed by atoms with E-state index in [1.165, 1.54) is 11.3 Å². The Hall–Kier alpha value is -2.10. The maximum atomic E-state index is 12.7. The lowest BCUT2D eigenvalue weighted by Crippen LogP contribution is -2.44. The summed E-state index contributed by atoms with van der Waals surface area (Å²) in [5, 5.41) is 12.2. The average molecular weight is 419 g/mol. The lowest BCUT2D eigenvalue weighted by molar-refractivity contribution is -0.134. The Balaban J connectivity index is 1.35. The molecule has 1 unspecified atom stereocenters. The van der Waals surface area contributed by atoms with Crippen LogP contribution in [-0.4, -0.2) is 39.8 Å². The van der Waals surface area contributed by atoms with Crippen LogP contribution in [0.15, 0.2) is 33.8 Å². The van der Waals surface area contributed by atoms with E-state index < -0.39 is 0 Å². The van der Waals surface area contributed by atoms with E-state index in [0.717, 1.165) is 29.1 Å². The number of nitrogens with one attached hydrogen (secondary N) is 1. The molecule has 1 fully saturated rings. The van der Waals surface area contributed by atoms with Crippen LogP contribution < -0.4 is 5.32 Å². The minimum absolute atomic E-state index is 0.0314. The Morgan fingerprint density at radius 1 is 1.26 bits per heavy atom. The van der Waals surface area contributed by atoms with E-state index in [0.29, 0.717) is 18.2 Å². The first kappa shape index (κ1) is 18.3. The third kappa shape index (κ3) is 4.42. The molecule has 1 aliphatic rings. The van der Waals surface area contributed by atoms with Crippen molar-refractivity contribution in [1.29, 1.82) is 0 Å². The number of carbonyl (C=O) groups is 2. The van der Waals surface area contributed by atoms with E-state index >= 15 is 0 Å². The number of anilines is 1. The SMILES string of the molecule is O=C(Nc1nccs1)C1CCCN(C(=O)Cc2csc(-c3ccsc3)n2)C1. The molecule has 140 valence electrons. The number of likely N-dealkylation sites (tertiary alicyclic amines) is 1. The van der Waals surface area contributed by atoms with Gasteiger partial charge >= 0.3 is 0 Å². The minimum atomic E-state index is -0.191. The zero-order valence-electron chi connectivity index (χ0n) is 14.5. The topological polar surface area (TPSA) is 75.2 Å². The van der Waals surface area contributed by atoms with Crippen LogP contribution in [0.2, 0.25) is 0 Å². The van der Waals surface area contributed by atoms with Gasteiger partial charge in [0.05, 0.1) is 18.0 Å². The smallest absolute Gasteiger partial charge is 0.231 e. The zero-order chi connectivity index (χ0) is 18.6. The third-order valence-corrected chi connectivity index (χ3v) is 6.77. The number of nitrogens with zero attached hydrogens (tertiary/aromatic N) is 3. The molecule has 4 rings (SSSR count). The standard InChI is InChI=1S/C18H18N4O2S3/c23-15(8-14-11-27-17(20-14)13-3-6-25-10-13)22-5-1-2-12(9-22)16(24)21-18-19-4-7-26-18/h3-4,6-7,10-12H,1-2,5,8-9H2,(H,19,21,24). The Kier molecular flexibility index (Phi) is 5.61. The molecule has 27 heavy (non-hydrogen) atoms. The number of rotatable bonds is 5. The summed E-state index contributed by atoms with van der Waals surface area (Å²) >= 11 is 4.59. The second-order valence-corrected chi connectivity index (χ2v) is 8.87. The van der Waals surface area contributed by atoms with Crippen molar-refractivity contribution in [2.24, 2.45) is 5.92 Å². The highest BCUT2D eigenvalue weighted by Crippen LogP contribution is 2.26. The van der Waals surface area contributed by atoms with Gasteiger partial charge in [0.2, 0.25) is 11.8 Å². The summed E-state index contributed by atoms with van der Waals surface area (Å²) in [5.74, 6) is -0.219. The second-order valence-electron chi connectivity index (χ2n) is 6.34. The van der Waals surface area contributed by atoms with Crippen molar-refractivity contribution < 1.29 is 9.59 Å². The van der Waals surface area contributed by atoms with Gasteiger partial charge in [0.1, 0.15) is 5.01 Å². The number of carbonyl (C=O) groups excluding carboxylic acids is 2. The van der Waals surface area contributed by atoms with Crippen LogP contribution in [0.5, 0.6) is 0 Å².